The summed E-state index contributed by atoms with van der Waals surface area (Å²) >= 11 is 0. The molecule has 82 heavy (non-hydrogen) atoms. The van der Waals surface area contributed by atoms with Crippen LogP contribution in [0, 0.1) is 23.7 Å². The normalized spacial score (nSPS) is 16.3. The Morgan fingerprint density at radius 1 is 0.463 bits per heavy atom. The first-order valence-corrected chi connectivity index (χ1v) is 27.1. The number of carboxylic acids is 3. The van der Waals surface area contributed by atoms with Gasteiger partial charge in [0.15, 0.2) is 0 Å². The number of aliphatic hydroxyl groups excluding tert-OH is 2. The first-order valence-electron chi connectivity index (χ1n) is 27.1. The molecular formula is C53H85N11O18. The highest BCUT2D eigenvalue weighted by Crippen LogP contribution is 2.15. The largest absolute Gasteiger partial charge is 0.481 e. The van der Waals surface area contributed by atoms with Crippen LogP contribution in [-0.2, 0) is 68.7 Å². The van der Waals surface area contributed by atoms with Crippen molar-refractivity contribution in [3.63, 3.8) is 0 Å². The summed E-state index contributed by atoms with van der Waals surface area (Å²) in [5.41, 5.74) is 11.9. The molecule has 29 heteroatoms. The highest BCUT2D eigenvalue weighted by atomic mass is 16.4. The molecule has 1 aromatic carbocycles. The number of benzene rings is 1. The molecule has 0 saturated carbocycles. The van der Waals surface area contributed by atoms with E-state index in [0.29, 0.717) is 12.0 Å². The van der Waals surface area contributed by atoms with Gasteiger partial charge in [0.05, 0.1) is 25.2 Å². The van der Waals surface area contributed by atoms with E-state index < -0.39 is 200 Å². The number of rotatable bonds is 38. The van der Waals surface area contributed by atoms with Crippen LogP contribution in [0.1, 0.15) is 119 Å². The standard InChI is InChI=1S/C53H85N11O18/c1-10-26(6)39(55)48(76)60-35(24-65)47(75)58-33(23-36(54)67)46(74)62-41(27(7)11-2)50(78)57-32(19-21-38(70)71)45(73)64-43(29(9)66)52(80)61-40(25(4)5)49(77)63-42(28(8)12-3)51(79)56-31(18-20-37(68)69)44(72)59-34(53(81)82)22-30-16-14-13-15-17-30/h13-17,25-29,31-35,39-43,65-66H,10-12,18-24,55H2,1-9H3,(H2,54,67)(H,56,79)(H,57,78)(H,58,75)(H,59,72)(H,60,76)(H,61,80)(H,62,74)(H,63,77)(H,64,73)(H,68,69)(H,70,71)(H,81,82)/t26-,27-,28-,29+,31-,32-,33-,34-,35-,39-,40-,41-,42-,43-/m0/s1. The highest BCUT2D eigenvalue weighted by molar-refractivity contribution is 5.99. The van der Waals surface area contributed by atoms with Crippen molar-refractivity contribution in [1.29, 1.82) is 0 Å². The van der Waals surface area contributed by atoms with Gasteiger partial charge in [-0.2, -0.15) is 0 Å². The molecule has 10 amide bonds. The van der Waals surface area contributed by atoms with Crippen LogP contribution in [0.4, 0.5) is 0 Å². The molecule has 0 bridgehead atoms. The van der Waals surface area contributed by atoms with Crippen LogP contribution in [0.25, 0.3) is 0 Å². The van der Waals surface area contributed by atoms with Crippen LogP contribution < -0.4 is 59.3 Å². The molecule has 0 heterocycles. The lowest BCUT2D eigenvalue weighted by Gasteiger charge is -2.31. The van der Waals surface area contributed by atoms with Gasteiger partial charge >= 0.3 is 17.9 Å². The van der Waals surface area contributed by atoms with Gasteiger partial charge in [-0.3, -0.25) is 57.5 Å². The van der Waals surface area contributed by atoms with Gasteiger partial charge in [-0.15, -0.1) is 0 Å². The summed E-state index contributed by atoms with van der Waals surface area (Å²) < 4.78 is 0. The van der Waals surface area contributed by atoms with Crippen molar-refractivity contribution in [1.82, 2.24) is 47.9 Å². The van der Waals surface area contributed by atoms with Crippen molar-refractivity contribution in [2.24, 2.45) is 35.1 Å². The molecule has 0 fully saturated rings. The van der Waals surface area contributed by atoms with Gasteiger partial charge in [0.1, 0.15) is 54.4 Å². The SMILES string of the molecule is CC[C@H](C)[C@H](N)C(=O)N[C@@H](CO)C(=O)N[C@@H](CC(N)=O)C(=O)N[C@H](C(=O)N[C@@H](CCC(=O)O)C(=O)N[C@H](C(=O)N[C@H](C(=O)N[C@H](C(=O)N[C@@H](CCC(=O)O)C(=O)N[C@@H](Cc1ccccc1)C(=O)O)[C@@H](C)CC)C(C)C)[C@@H](C)O)[C@@H](C)CC. The minimum atomic E-state index is -1.91. The fourth-order valence-corrected chi connectivity index (χ4v) is 7.91. The third-order valence-corrected chi connectivity index (χ3v) is 13.8. The van der Waals surface area contributed by atoms with E-state index in [4.69, 9.17) is 11.5 Å². The molecule has 0 radical (unpaired) electrons. The highest BCUT2D eigenvalue weighted by Gasteiger charge is 2.39. The van der Waals surface area contributed by atoms with E-state index in [-0.39, 0.29) is 25.2 Å². The molecule has 18 N–H and O–H groups in total. The summed E-state index contributed by atoms with van der Waals surface area (Å²) in [5, 5.41) is 71.0. The second kappa shape index (κ2) is 35.8. The number of nitrogens with one attached hydrogen (secondary N) is 9. The molecule has 0 unspecified atom stereocenters. The minimum absolute atomic E-state index is 0.153. The molecule has 1 aromatic rings. The number of aliphatic hydroxyl groups is 2. The molecule has 0 aromatic heterocycles. The summed E-state index contributed by atoms with van der Waals surface area (Å²) in [6, 6.07) is -7.55. The Kier molecular flexibility index (Phi) is 31.6. The van der Waals surface area contributed by atoms with E-state index in [9.17, 15) is 87.9 Å². The van der Waals surface area contributed by atoms with E-state index >= 15 is 0 Å². The number of hydrogen-bond acceptors (Lipinski definition) is 16. The molecule has 460 valence electrons. The Morgan fingerprint density at radius 3 is 1.24 bits per heavy atom. The van der Waals surface area contributed by atoms with Gasteiger partial charge in [0.25, 0.3) is 0 Å². The second-order valence-electron chi connectivity index (χ2n) is 20.7. The second-order valence-corrected chi connectivity index (χ2v) is 20.7. The van der Waals surface area contributed by atoms with Crippen LogP contribution in [-0.4, -0.2) is 176 Å². The predicted molar refractivity (Wildman–Crippen MR) is 293 cm³/mol. The van der Waals surface area contributed by atoms with Crippen molar-refractivity contribution >= 4 is 77.0 Å². The summed E-state index contributed by atoms with van der Waals surface area (Å²) in [7, 11) is 0. The zero-order chi connectivity index (χ0) is 62.7. The van der Waals surface area contributed by atoms with Gasteiger partial charge in [-0.25, -0.2) is 4.79 Å². The number of nitrogens with two attached hydrogens (primary N) is 2. The van der Waals surface area contributed by atoms with Crippen molar-refractivity contribution in [3.05, 3.63) is 35.9 Å². The molecule has 0 aliphatic carbocycles. The maximum atomic E-state index is 14.1. The number of aliphatic carboxylic acids is 3. The maximum absolute atomic E-state index is 14.1. The van der Waals surface area contributed by atoms with Gasteiger partial charge < -0.3 is 84.9 Å². The van der Waals surface area contributed by atoms with Crippen LogP contribution in [0.3, 0.4) is 0 Å². The molecule has 0 spiro atoms. The van der Waals surface area contributed by atoms with E-state index in [0.717, 1.165) is 6.92 Å². The van der Waals surface area contributed by atoms with Crippen LogP contribution in [0.15, 0.2) is 30.3 Å². The number of carbonyl (C=O) groups is 13. The minimum Gasteiger partial charge on any atom is -0.481 e. The molecule has 0 saturated heterocycles. The van der Waals surface area contributed by atoms with Crippen molar-refractivity contribution < 1.29 is 87.9 Å². The lowest BCUT2D eigenvalue weighted by Crippen LogP contribution is -2.63. The Balaban J connectivity index is 3.47. The van der Waals surface area contributed by atoms with Gasteiger partial charge in [-0.05, 0) is 49.0 Å². The fraction of sp³-hybridized carbons (Fsp3) is 0.642. The van der Waals surface area contributed by atoms with Gasteiger partial charge in [0.2, 0.25) is 59.1 Å². The molecule has 1 rings (SSSR count). The average molecular weight is 1160 g/mol. The maximum Gasteiger partial charge on any atom is 0.326 e. The predicted octanol–water partition coefficient (Wildman–Crippen LogP) is -3.22. The van der Waals surface area contributed by atoms with Gasteiger partial charge in [-0.1, -0.05) is 105 Å². The van der Waals surface area contributed by atoms with Crippen molar-refractivity contribution in [2.75, 3.05) is 6.61 Å². The fourth-order valence-electron chi connectivity index (χ4n) is 7.91. The molecular weight excluding hydrogens is 1080 g/mol. The topological polar surface area (TPSA) is 483 Å². The Bertz CT molecular complexity index is 2380. The summed E-state index contributed by atoms with van der Waals surface area (Å²) in [6.45, 7) is 13.0. The monoisotopic (exact) mass is 1160 g/mol. The summed E-state index contributed by atoms with van der Waals surface area (Å²) in [5.74, 6) is -17.3. The number of amides is 10. The first-order chi connectivity index (χ1) is 38.3. The molecule has 0 aliphatic rings. The average Bonchev–Trinajstić information content (AvgIpc) is 3.43. The van der Waals surface area contributed by atoms with Crippen LogP contribution >= 0.6 is 0 Å². The number of primary amides is 1. The lowest BCUT2D eigenvalue weighted by atomic mass is 9.95. The zero-order valence-corrected chi connectivity index (χ0v) is 47.8. The van der Waals surface area contributed by atoms with Crippen molar-refractivity contribution in [2.45, 2.75) is 187 Å². The molecule has 29 nitrogen and oxygen atoms in total. The number of carbonyl (C=O) groups excluding carboxylic acids is 10. The first kappa shape index (κ1) is 72.2. The Morgan fingerprint density at radius 2 is 0.829 bits per heavy atom. The number of hydrogen-bond donors (Lipinski definition) is 16. The van der Waals surface area contributed by atoms with E-state index in [1.807, 2.05) is 0 Å². The Labute approximate surface area is 475 Å². The zero-order valence-electron chi connectivity index (χ0n) is 47.8. The van der Waals surface area contributed by atoms with E-state index in [1.165, 1.54) is 20.8 Å². The molecule has 14 atom stereocenters. The smallest absolute Gasteiger partial charge is 0.326 e. The van der Waals surface area contributed by atoms with E-state index in [1.54, 1.807) is 65.0 Å². The van der Waals surface area contributed by atoms with Gasteiger partial charge in [0, 0.05) is 19.3 Å². The Hall–Kier alpha value is -7.79. The van der Waals surface area contributed by atoms with Crippen molar-refractivity contribution in [3.8, 4) is 0 Å². The van der Waals surface area contributed by atoms with Crippen LogP contribution in [0.5, 0.6) is 0 Å². The third-order valence-electron chi connectivity index (χ3n) is 13.8. The summed E-state index contributed by atoms with van der Waals surface area (Å²) in [4.78, 5) is 171. The summed E-state index contributed by atoms with van der Waals surface area (Å²) in [6.07, 6.45) is -4.28. The lowest BCUT2D eigenvalue weighted by molar-refractivity contribution is -0.143. The van der Waals surface area contributed by atoms with E-state index in [2.05, 4.69) is 47.9 Å². The quantitative estimate of drug-likeness (QED) is 0.0310. The third kappa shape index (κ3) is 24.5. The van der Waals surface area contributed by atoms with Crippen LogP contribution in [0.2, 0.25) is 0 Å². The number of carboxylic acid groups (broad SMARTS) is 3. The molecule has 0 aliphatic heterocycles.